The number of fused-ring (bicyclic) bond motifs is 3. The normalized spacial score (nSPS) is 34.8. The highest BCUT2D eigenvalue weighted by Gasteiger charge is 2.64. The molecule has 10 nitrogen and oxygen atoms in total. The molecule has 0 spiro atoms. The zero-order valence-electron chi connectivity index (χ0n) is 18.6. The average Bonchev–Trinajstić information content (AvgIpc) is 3.28. The molecule has 1 amide bonds. The second kappa shape index (κ2) is 7.90. The fraction of sp³-hybridized carbons (Fsp3) is 0.857. The fourth-order valence-electron chi connectivity index (χ4n) is 4.22. The number of carbonyl (C=O) groups is 3. The minimum atomic E-state index is -1.15. The molecule has 4 heterocycles. The van der Waals surface area contributed by atoms with Gasteiger partial charge in [-0.1, -0.05) is 6.92 Å². The Kier molecular flexibility index (Phi) is 5.68. The summed E-state index contributed by atoms with van der Waals surface area (Å²) in [6.07, 6.45) is -2.59. The number of amides is 1. The summed E-state index contributed by atoms with van der Waals surface area (Å²) in [5.41, 5.74) is -0.533. The van der Waals surface area contributed by atoms with E-state index in [0.717, 1.165) is 0 Å². The zero-order chi connectivity index (χ0) is 22.6. The summed E-state index contributed by atoms with van der Waals surface area (Å²) in [6.45, 7) is 9.95. The number of esters is 2. The molecule has 0 radical (unpaired) electrons. The molecule has 4 aliphatic heterocycles. The molecule has 0 aromatic rings. The van der Waals surface area contributed by atoms with Crippen LogP contribution in [0.4, 0.5) is 4.79 Å². The SMILES string of the molecule is CCC(C)(C)OC(=O)N1CCC(C(=O)OC2C(=O)OC3C4OC(C)(C)OC4OC23)CC1. The highest BCUT2D eigenvalue weighted by Crippen LogP contribution is 2.43. The standard InChI is InChI=1S/C21H31NO9/c1-6-20(2,3)31-19(25)22-9-7-11(8-10-22)16(23)27-14-12-13(26-17(14)24)15-18(28-12)30-21(4,5)29-15/h11-15,18H,6-10H2,1-5H3. The van der Waals surface area contributed by atoms with Crippen LogP contribution in [0.15, 0.2) is 0 Å². The molecule has 0 bridgehead atoms. The Morgan fingerprint density at radius 2 is 1.81 bits per heavy atom. The van der Waals surface area contributed by atoms with E-state index in [-0.39, 0.29) is 6.09 Å². The maximum atomic E-state index is 12.7. The Balaban J connectivity index is 1.29. The number of hydrogen-bond donors (Lipinski definition) is 0. The first-order valence-electron chi connectivity index (χ1n) is 10.9. The van der Waals surface area contributed by atoms with E-state index in [1.54, 1.807) is 18.7 Å². The lowest BCUT2D eigenvalue weighted by Crippen LogP contribution is -2.45. The Morgan fingerprint density at radius 1 is 1.13 bits per heavy atom. The van der Waals surface area contributed by atoms with Crippen molar-refractivity contribution in [2.75, 3.05) is 13.1 Å². The quantitative estimate of drug-likeness (QED) is 0.476. The van der Waals surface area contributed by atoms with Crippen LogP contribution in [0.1, 0.15) is 53.9 Å². The van der Waals surface area contributed by atoms with E-state index in [1.807, 2.05) is 20.8 Å². The van der Waals surface area contributed by atoms with Crippen LogP contribution < -0.4 is 0 Å². The van der Waals surface area contributed by atoms with Crippen molar-refractivity contribution in [3.05, 3.63) is 0 Å². The van der Waals surface area contributed by atoms with Gasteiger partial charge in [0.1, 0.15) is 11.7 Å². The lowest BCUT2D eigenvalue weighted by molar-refractivity contribution is -0.217. The van der Waals surface area contributed by atoms with Gasteiger partial charge in [-0.2, -0.15) is 0 Å². The lowest BCUT2D eigenvalue weighted by Gasteiger charge is -2.33. The van der Waals surface area contributed by atoms with Crippen molar-refractivity contribution in [3.8, 4) is 0 Å². The number of rotatable bonds is 4. The molecule has 5 unspecified atom stereocenters. The van der Waals surface area contributed by atoms with E-state index in [0.29, 0.717) is 32.4 Å². The summed E-state index contributed by atoms with van der Waals surface area (Å²) in [5, 5.41) is 0. The third kappa shape index (κ3) is 4.38. The van der Waals surface area contributed by atoms with Crippen molar-refractivity contribution < 1.29 is 42.8 Å². The largest absolute Gasteiger partial charge is 0.454 e. The molecule has 4 saturated heterocycles. The molecule has 4 rings (SSSR count). The number of carbonyl (C=O) groups excluding carboxylic acids is 3. The molecule has 5 atom stereocenters. The van der Waals surface area contributed by atoms with E-state index >= 15 is 0 Å². The average molecular weight is 441 g/mol. The van der Waals surface area contributed by atoms with Gasteiger partial charge in [0.15, 0.2) is 24.3 Å². The van der Waals surface area contributed by atoms with Crippen molar-refractivity contribution in [1.29, 1.82) is 0 Å². The van der Waals surface area contributed by atoms with Gasteiger partial charge in [0, 0.05) is 13.1 Å². The minimum Gasteiger partial charge on any atom is -0.454 e. The minimum absolute atomic E-state index is 0.380. The summed E-state index contributed by atoms with van der Waals surface area (Å²) in [5.74, 6) is -2.38. The molecular formula is C21H31NO9. The molecule has 0 aromatic carbocycles. The summed E-state index contributed by atoms with van der Waals surface area (Å²) >= 11 is 0. The third-order valence-electron chi connectivity index (χ3n) is 6.35. The first-order valence-corrected chi connectivity index (χ1v) is 10.9. The van der Waals surface area contributed by atoms with Gasteiger partial charge in [0.2, 0.25) is 6.10 Å². The Labute approximate surface area is 181 Å². The second-order valence-electron chi connectivity index (χ2n) is 9.57. The Hall–Kier alpha value is -1.91. The number of hydrogen-bond acceptors (Lipinski definition) is 9. The predicted octanol–water partition coefficient (Wildman–Crippen LogP) is 1.74. The summed E-state index contributed by atoms with van der Waals surface area (Å²) in [6, 6.07) is 0. The van der Waals surface area contributed by atoms with Crippen molar-refractivity contribution in [1.82, 2.24) is 4.90 Å². The monoisotopic (exact) mass is 441 g/mol. The number of piperidine rings is 1. The van der Waals surface area contributed by atoms with Gasteiger partial charge < -0.3 is 33.3 Å². The molecular weight excluding hydrogens is 410 g/mol. The van der Waals surface area contributed by atoms with Gasteiger partial charge in [-0.15, -0.1) is 0 Å². The summed E-state index contributed by atoms with van der Waals surface area (Å²) < 4.78 is 33.6. The highest BCUT2D eigenvalue weighted by molar-refractivity contribution is 5.83. The van der Waals surface area contributed by atoms with Crippen molar-refractivity contribution in [2.45, 2.75) is 96.0 Å². The van der Waals surface area contributed by atoms with Crippen LogP contribution in [0.2, 0.25) is 0 Å². The number of likely N-dealkylation sites (tertiary alicyclic amines) is 1. The van der Waals surface area contributed by atoms with E-state index < -0.39 is 60.0 Å². The molecule has 10 heteroatoms. The highest BCUT2D eigenvalue weighted by atomic mass is 16.9. The third-order valence-corrected chi connectivity index (χ3v) is 6.35. The number of nitrogens with zero attached hydrogens (tertiary/aromatic N) is 1. The van der Waals surface area contributed by atoms with Crippen LogP contribution in [-0.4, -0.2) is 78.1 Å². The summed E-state index contributed by atoms with van der Waals surface area (Å²) in [4.78, 5) is 38.9. The van der Waals surface area contributed by atoms with Gasteiger partial charge in [0.25, 0.3) is 0 Å². The molecule has 174 valence electrons. The molecule has 4 aliphatic rings. The van der Waals surface area contributed by atoms with E-state index in [1.165, 1.54) is 0 Å². The molecule has 0 saturated carbocycles. The van der Waals surface area contributed by atoms with Crippen LogP contribution >= 0.6 is 0 Å². The molecule has 0 N–H and O–H groups in total. The van der Waals surface area contributed by atoms with Crippen molar-refractivity contribution in [3.63, 3.8) is 0 Å². The zero-order valence-corrected chi connectivity index (χ0v) is 18.6. The van der Waals surface area contributed by atoms with Crippen LogP contribution in [0, 0.1) is 5.92 Å². The van der Waals surface area contributed by atoms with Crippen LogP contribution in [0.25, 0.3) is 0 Å². The topological polar surface area (TPSA) is 110 Å². The maximum Gasteiger partial charge on any atom is 0.410 e. The first-order chi connectivity index (χ1) is 14.5. The predicted molar refractivity (Wildman–Crippen MR) is 104 cm³/mol. The molecule has 0 aliphatic carbocycles. The van der Waals surface area contributed by atoms with Gasteiger partial charge in [-0.25, -0.2) is 9.59 Å². The van der Waals surface area contributed by atoms with Gasteiger partial charge >= 0.3 is 18.0 Å². The fourth-order valence-corrected chi connectivity index (χ4v) is 4.22. The van der Waals surface area contributed by atoms with Crippen LogP contribution in [0.5, 0.6) is 0 Å². The van der Waals surface area contributed by atoms with Gasteiger partial charge in [-0.3, -0.25) is 4.79 Å². The first kappa shape index (κ1) is 22.3. The van der Waals surface area contributed by atoms with E-state index in [4.69, 9.17) is 28.4 Å². The van der Waals surface area contributed by atoms with Gasteiger partial charge in [-0.05, 0) is 47.0 Å². The van der Waals surface area contributed by atoms with E-state index in [2.05, 4.69) is 0 Å². The molecule has 4 fully saturated rings. The lowest BCUT2D eigenvalue weighted by atomic mass is 9.97. The number of ether oxygens (including phenoxy) is 6. The van der Waals surface area contributed by atoms with E-state index in [9.17, 15) is 14.4 Å². The van der Waals surface area contributed by atoms with Gasteiger partial charge in [0.05, 0.1) is 5.92 Å². The van der Waals surface area contributed by atoms with Crippen molar-refractivity contribution in [2.24, 2.45) is 5.92 Å². The Morgan fingerprint density at radius 3 is 2.45 bits per heavy atom. The molecule has 31 heavy (non-hydrogen) atoms. The second-order valence-corrected chi connectivity index (χ2v) is 9.57. The maximum absolute atomic E-state index is 12.7. The Bertz CT molecular complexity index is 743. The smallest absolute Gasteiger partial charge is 0.410 e. The van der Waals surface area contributed by atoms with Crippen molar-refractivity contribution >= 4 is 18.0 Å². The van der Waals surface area contributed by atoms with Crippen LogP contribution in [0.3, 0.4) is 0 Å². The van der Waals surface area contributed by atoms with Crippen LogP contribution in [-0.2, 0) is 38.0 Å². The molecule has 0 aromatic heterocycles. The summed E-state index contributed by atoms with van der Waals surface area (Å²) in [7, 11) is 0.